The molecule has 1 N–H and O–H groups in total. The normalized spacial score (nSPS) is 13.8. The topological polar surface area (TPSA) is 28.2 Å². The number of benzene rings is 2. The summed E-state index contributed by atoms with van der Waals surface area (Å²) >= 11 is 0. The molecule has 0 saturated carbocycles. The first kappa shape index (κ1) is 12.2. The summed E-state index contributed by atoms with van der Waals surface area (Å²) in [5.74, 6) is 0. The molecular weight excluding hydrogens is 258 g/mol. The molecule has 4 rings (SSSR count). The van der Waals surface area contributed by atoms with Crippen LogP contribution in [0.3, 0.4) is 0 Å². The first-order valence-corrected chi connectivity index (χ1v) is 7.32. The summed E-state index contributed by atoms with van der Waals surface area (Å²) in [4.78, 5) is 6.89. The van der Waals surface area contributed by atoms with Crippen LogP contribution in [0.4, 0.5) is 11.4 Å². The number of hydrogen-bond acceptors (Lipinski definition) is 3. The molecular formula is C18H17N3. The van der Waals surface area contributed by atoms with Gasteiger partial charge in [0.25, 0.3) is 0 Å². The maximum Gasteiger partial charge on any atom is 0.0705 e. The van der Waals surface area contributed by atoms with Crippen molar-refractivity contribution >= 4 is 22.3 Å². The predicted octanol–water partition coefficient (Wildman–Crippen LogP) is 3.67. The third-order valence-electron chi connectivity index (χ3n) is 4.04. The molecule has 0 unspecified atom stereocenters. The molecule has 3 heteroatoms. The lowest BCUT2D eigenvalue weighted by Crippen LogP contribution is -2.33. The molecule has 0 spiro atoms. The van der Waals surface area contributed by atoms with Gasteiger partial charge in [-0.3, -0.25) is 4.98 Å². The molecule has 2 aromatic carbocycles. The van der Waals surface area contributed by atoms with E-state index in [9.17, 15) is 0 Å². The van der Waals surface area contributed by atoms with Crippen LogP contribution in [-0.2, 0) is 6.54 Å². The van der Waals surface area contributed by atoms with Gasteiger partial charge in [0.1, 0.15) is 0 Å². The lowest BCUT2D eigenvalue weighted by atomic mass is 10.1. The van der Waals surface area contributed by atoms with Crippen molar-refractivity contribution in [3.8, 4) is 0 Å². The molecule has 104 valence electrons. The molecule has 1 aliphatic rings. The van der Waals surface area contributed by atoms with E-state index in [1.54, 1.807) is 0 Å². The number of pyridine rings is 1. The molecule has 0 saturated heterocycles. The maximum atomic E-state index is 4.45. The fourth-order valence-corrected chi connectivity index (χ4v) is 3.01. The van der Waals surface area contributed by atoms with E-state index >= 15 is 0 Å². The summed E-state index contributed by atoms with van der Waals surface area (Å²) in [6.07, 6.45) is 1.91. The summed E-state index contributed by atoms with van der Waals surface area (Å²) in [7, 11) is 0. The van der Waals surface area contributed by atoms with E-state index in [0.29, 0.717) is 0 Å². The van der Waals surface area contributed by atoms with Gasteiger partial charge in [-0.2, -0.15) is 0 Å². The van der Waals surface area contributed by atoms with Crippen LogP contribution < -0.4 is 10.2 Å². The smallest absolute Gasteiger partial charge is 0.0705 e. The minimum Gasteiger partial charge on any atom is -0.382 e. The van der Waals surface area contributed by atoms with Gasteiger partial charge in [-0.25, -0.2) is 0 Å². The first-order valence-electron chi connectivity index (χ1n) is 7.32. The van der Waals surface area contributed by atoms with E-state index < -0.39 is 0 Å². The molecule has 0 bridgehead atoms. The van der Waals surface area contributed by atoms with Crippen LogP contribution in [0.1, 0.15) is 5.56 Å². The monoisotopic (exact) mass is 275 g/mol. The SMILES string of the molecule is c1ccc2c(c1)NCCN2Cc1ccnc2ccccc12. The molecule has 0 atom stereocenters. The number of hydrogen-bond donors (Lipinski definition) is 1. The van der Waals surface area contributed by atoms with E-state index in [-0.39, 0.29) is 0 Å². The van der Waals surface area contributed by atoms with E-state index in [0.717, 1.165) is 25.2 Å². The van der Waals surface area contributed by atoms with Crippen molar-refractivity contribution in [3.63, 3.8) is 0 Å². The zero-order valence-electron chi connectivity index (χ0n) is 11.8. The van der Waals surface area contributed by atoms with Gasteiger partial charge >= 0.3 is 0 Å². The van der Waals surface area contributed by atoms with Crippen LogP contribution in [0, 0.1) is 0 Å². The zero-order chi connectivity index (χ0) is 14.1. The second-order valence-corrected chi connectivity index (χ2v) is 5.35. The molecule has 0 amide bonds. The van der Waals surface area contributed by atoms with Gasteiger partial charge in [-0.05, 0) is 29.8 Å². The van der Waals surface area contributed by atoms with Crippen molar-refractivity contribution in [2.75, 3.05) is 23.3 Å². The molecule has 0 fully saturated rings. The van der Waals surface area contributed by atoms with Crippen molar-refractivity contribution < 1.29 is 0 Å². The number of rotatable bonds is 2. The number of para-hydroxylation sites is 3. The average molecular weight is 275 g/mol. The fraction of sp³-hybridized carbons (Fsp3) is 0.167. The minimum atomic E-state index is 0.918. The van der Waals surface area contributed by atoms with Crippen molar-refractivity contribution in [2.24, 2.45) is 0 Å². The van der Waals surface area contributed by atoms with Crippen molar-refractivity contribution in [3.05, 3.63) is 66.4 Å². The number of fused-ring (bicyclic) bond motifs is 2. The molecule has 2 heterocycles. The molecule has 0 aliphatic carbocycles. The minimum absolute atomic E-state index is 0.918. The van der Waals surface area contributed by atoms with Gasteiger partial charge in [-0.1, -0.05) is 30.3 Å². The second-order valence-electron chi connectivity index (χ2n) is 5.35. The highest BCUT2D eigenvalue weighted by Crippen LogP contribution is 2.30. The molecule has 21 heavy (non-hydrogen) atoms. The Morgan fingerprint density at radius 1 is 1.00 bits per heavy atom. The van der Waals surface area contributed by atoms with Gasteiger partial charge < -0.3 is 10.2 Å². The second kappa shape index (κ2) is 5.09. The van der Waals surface area contributed by atoms with Crippen molar-refractivity contribution in [1.29, 1.82) is 0 Å². The van der Waals surface area contributed by atoms with E-state index in [1.807, 2.05) is 12.3 Å². The van der Waals surface area contributed by atoms with Gasteiger partial charge in [0, 0.05) is 31.2 Å². The number of nitrogens with zero attached hydrogens (tertiary/aromatic N) is 2. The highest BCUT2D eigenvalue weighted by atomic mass is 15.2. The van der Waals surface area contributed by atoms with Crippen LogP contribution in [0.5, 0.6) is 0 Å². The quantitative estimate of drug-likeness (QED) is 0.773. The zero-order valence-corrected chi connectivity index (χ0v) is 11.8. The Labute approximate surface area is 124 Å². The molecule has 1 aromatic heterocycles. The third-order valence-corrected chi connectivity index (χ3v) is 4.04. The largest absolute Gasteiger partial charge is 0.382 e. The van der Waals surface area contributed by atoms with E-state index in [1.165, 1.54) is 22.3 Å². The van der Waals surface area contributed by atoms with Crippen LogP contribution in [0.15, 0.2) is 60.8 Å². The predicted molar refractivity (Wildman–Crippen MR) is 87.7 cm³/mol. The van der Waals surface area contributed by atoms with Gasteiger partial charge in [0.2, 0.25) is 0 Å². The summed E-state index contributed by atoms with van der Waals surface area (Å²) < 4.78 is 0. The number of nitrogens with one attached hydrogen (secondary N) is 1. The standard InChI is InChI=1S/C18H17N3/c1-2-6-16-15(5-1)14(9-10-19-16)13-21-12-11-20-17-7-3-4-8-18(17)21/h1-10,20H,11-13H2. The molecule has 3 aromatic rings. The van der Waals surface area contributed by atoms with E-state index in [2.05, 4.69) is 63.7 Å². The lowest BCUT2D eigenvalue weighted by Gasteiger charge is -2.32. The van der Waals surface area contributed by atoms with Gasteiger partial charge in [0.05, 0.1) is 16.9 Å². The Bertz CT molecular complexity index is 777. The Balaban J connectivity index is 1.73. The average Bonchev–Trinajstić information content (AvgIpc) is 2.56. The Kier molecular flexibility index (Phi) is 2.96. The van der Waals surface area contributed by atoms with Gasteiger partial charge in [0.15, 0.2) is 0 Å². The summed E-state index contributed by atoms with van der Waals surface area (Å²) in [5.41, 5.74) is 4.91. The van der Waals surface area contributed by atoms with Crippen LogP contribution in [0.2, 0.25) is 0 Å². The van der Waals surface area contributed by atoms with Crippen LogP contribution in [0.25, 0.3) is 10.9 Å². The van der Waals surface area contributed by atoms with Crippen molar-refractivity contribution in [2.45, 2.75) is 6.54 Å². The van der Waals surface area contributed by atoms with E-state index in [4.69, 9.17) is 0 Å². The van der Waals surface area contributed by atoms with Gasteiger partial charge in [-0.15, -0.1) is 0 Å². The maximum absolute atomic E-state index is 4.45. The third kappa shape index (κ3) is 2.21. The van der Waals surface area contributed by atoms with Crippen molar-refractivity contribution in [1.82, 2.24) is 4.98 Å². The Hall–Kier alpha value is -2.55. The molecule has 3 nitrogen and oxygen atoms in total. The highest BCUT2D eigenvalue weighted by Gasteiger charge is 2.16. The number of aromatic nitrogens is 1. The van der Waals surface area contributed by atoms with Crippen LogP contribution >= 0.6 is 0 Å². The fourth-order valence-electron chi connectivity index (χ4n) is 3.01. The van der Waals surface area contributed by atoms with Crippen LogP contribution in [-0.4, -0.2) is 18.1 Å². The number of anilines is 2. The lowest BCUT2D eigenvalue weighted by molar-refractivity contribution is 0.790. The Morgan fingerprint density at radius 2 is 1.86 bits per heavy atom. The highest BCUT2D eigenvalue weighted by molar-refractivity contribution is 5.82. The molecule has 1 aliphatic heterocycles. The summed E-state index contributed by atoms with van der Waals surface area (Å²) in [6, 6.07) is 19.0. The summed E-state index contributed by atoms with van der Waals surface area (Å²) in [5, 5.41) is 4.71. The Morgan fingerprint density at radius 3 is 2.86 bits per heavy atom. The summed E-state index contributed by atoms with van der Waals surface area (Å²) in [6.45, 7) is 2.93. The first-order chi connectivity index (χ1) is 10.4. The molecule has 0 radical (unpaired) electrons.